The van der Waals surface area contributed by atoms with Gasteiger partial charge in [-0.15, -0.1) is 0 Å². The van der Waals surface area contributed by atoms with Gasteiger partial charge in [0, 0.05) is 37.0 Å². The van der Waals surface area contributed by atoms with Crippen LogP contribution in [0.5, 0.6) is 5.75 Å². The molecule has 0 saturated carbocycles. The first-order valence-electron chi connectivity index (χ1n) is 7.02. The Bertz CT molecular complexity index is 548. The fourth-order valence-corrected chi connectivity index (χ4v) is 2.14. The lowest BCUT2D eigenvalue weighted by molar-refractivity contribution is 0.238. The van der Waals surface area contributed by atoms with Crippen LogP contribution in [0.25, 0.3) is 0 Å². The van der Waals surface area contributed by atoms with E-state index in [1.807, 2.05) is 56.2 Å². The van der Waals surface area contributed by atoms with Gasteiger partial charge in [0.2, 0.25) is 0 Å². The maximum absolute atomic E-state index is 5.87. The summed E-state index contributed by atoms with van der Waals surface area (Å²) in [5.41, 5.74) is 2.37. The largest absolute Gasteiger partial charge is 0.491 e. The summed E-state index contributed by atoms with van der Waals surface area (Å²) >= 11 is 0. The molecule has 20 heavy (non-hydrogen) atoms. The number of nitrogens with zero attached hydrogens (tertiary/aromatic N) is 2. The molecule has 0 radical (unpaired) electrons. The molecule has 1 unspecified atom stereocenters. The minimum absolute atomic E-state index is 0.182. The van der Waals surface area contributed by atoms with E-state index >= 15 is 0 Å². The topological polar surface area (TPSA) is 39.1 Å². The van der Waals surface area contributed by atoms with E-state index in [4.69, 9.17) is 4.74 Å². The summed E-state index contributed by atoms with van der Waals surface area (Å²) < 4.78 is 7.68. The Morgan fingerprint density at radius 2 is 2.00 bits per heavy atom. The molecule has 4 nitrogen and oxygen atoms in total. The fraction of sp³-hybridized carbons (Fsp3) is 0.438. The van der Waals surface area contributed by atoms with Crippen molar-refractivity contribution in [3.63, 3.8) is 0 Å². The van der Waals surface area contributed by atoms with Crippen molar-refractivity contribution in [3.05, 3.63) is 47.8 Å². The second-order valence-electron chi connectivity index (χ2n) is 5.33. The third kappa shape index (κ3) is 3.84. The van der Waals surface area contributed by atoms with Crippen LogP contribution < -0.4 is 10.1 Å². The molecule has 0 amide bonds. The van der Waals surface area contributed by atoms with Crippen LogP contribution in [0.3, 0.4) is 0 Å². The van der Waals surface area contributed by atoms with Crippen molar-refractivity contribution < 1.29 is 4.74 Å². The third-order valence-corrected chi connectivity index (χ3v) is 3.12. The van der Waals surface area contributed by atoms with Gasteiger partial charge in [-0.1, -0.05) is 18.2 Å². The van der Waals surface area contributed by atoms with Gasteiger partial charge in [-0.25, -0.2) is 0 Å². The molecule has 0 saturated heterocycles. The summed E-state index contributed by atoms with van der Waals surface area (Å²) in [5, 5.41) is 7.69. The number of hydrogen-bond acceptors (Lipinski definition) is 3. The predicted molar refractivity (Wildman–Crippen MR) is 80.7 cm³/mol. The summed E-state index contributed by atoms with van der Waals surface area (Å²) in [7, 11) is 1.93. The number of hydrogen-bond donors (Lipinski definition) is 1. The second-order valence-corrected chi connectivity index (χ2v) is 5.33. The molecule has 0 aliphatic heterocycles. The first-order chi connectivity index (χ1) is 9.56. The van der Waals surface area contributed by atoms with Crippen molar-refractivity contribution in [3.8, 4) is 5.75 Å². The molecule has 0 bridgehead atoms. The van der Waals surface area contributed by atoms with Gasteiger partial charge in [-0.3, -0.25) is 4.68 Å². The molecule has 1 atom stereocenters. The van der Waals surface area contributed by atoms with Gasteiger partial charge in [0.25, 0.3) is 0 Å². The summed E-state index contributed by atoms with van der Waals surface area (Å²) in [5.74, 6) is 0.952. The van der Waals surface area contributed by atoms with E-state index in [0.29, 0.717) is 0 Å². The quantitative estimate of drug-likeness (QED) is 0.879. The highest BCUT2D eigenvalue weighted by molar-refractivity contribution is 5.35. The summed E-state index contributed by atoms with van der Waals surface area (Å²) in [6.07, 6.45) is 4.09. The van der Waals surface area contributed by atoms with Gasteiger partial charge in [0.1, 0.15) is 5.75 Å². The van der Waals surface area contributed by atoms with Crippen LogP contribution in [-0.4, -0.2) is 15.9 Å². The Morgan fingerprint density at radius 3 is 2.65 bits per heavy atom. The van der Waals surface area contributed by atoms with Crippen molar-refractivity contribution in [1.82, 2.24) is 15.1 Å². The van der Waals surface area contributed by atoms with Crippen LogP contribution in [0.1, 0.15) is 37.9 Å². The molecule has 0 aliphatic rings. The normalized spacial score (nSPS) is 12.7. The Balaban J connectivity index is 2.03. The first-order valence-corrected chi connectivity index (χ1v) is 7.02. The summed E-state index contributed by atoms with van der Waals surface area (Å²) in [6.45, 7) is 7.04. The zero-order valence-corrected chi connectivity index (χ0v) is 12.6. The summed E-state index contributed by atoms with van der Waals surface area (Å²) in [4.78, 5) is 0. The van der Waals surface area contributed by atoms with Gasteiger partial charge in [0.15, 0.2) is 0 Å². The van der Waals surface area contributed by atoms with Crippen LogP contribution in [0.15, 0.2) is 36.7 Å². The van der Waals surface area contributed by atoms with Crippen LogP contribution in [-0.2, 0) is 13.6 Å². The average Bonchev–Trinajstić information content (AvgIpc) is 2.82. The Hall–Kier alpha value is -1.81. The lowest BCUT2D eigenvalue weighted by Crippen LogP contribution is -2.19. The van der Waals surface area contributed by atoms with E-state index in [2.05, 4.69) is 23.4 Å². The lowest BCUT2D eigenvalue weighted by Gasteiger charge is -2.19. The minimum atomic E-state index is 0.182. The van der Waals surface area contributed by atoms with E-state index < -0.39 is 0 Å². The average molecular weight is 273 g/mol. The number of para-hydroxylation sites is 1. The van der Waals surface area contributed by atoms with E-state index in [9.17, 15) is 0 Å². The predicted octanol–water partition coefficient (Wildman–Crippen LogP) is 3.06. The van der Waals surface area contributed by atoms with Gasteiger partial charge >= 0.3 is 0 Å². The SMILES string of the molecule is CC(C)Oc1ccccc1C(C)NCc1cnn(C)c1. The first kappa shape index (κ1) is 14.6. The Kier molecular flexibility index (Phi) is 4.79. The van der Waals surface area contributed by atoms with Gasteiger partial charge in [-0.05, 0) is 26.8 Å². The van der Waals surface area contributed by atoms with Gasteiger partial charge in [-0.2, -0.15) is 5.10 Å². The molecule has 2 rings (SSSR count). The third-order valence-electron chi connectivity index (χ3n) is 3.12. The number of aryl methyl sites for hydroxylation is 1. The van der Waals surface area contributed by atoms with Crippen LogP contribution in [0.2, 0.25) is 0 Å². The molecule has 1 aromatic carbocycles. The molecule has 4 heteroatoms. The summed E-state index contributed by atoms with van der Waals surface area (Å²) in [6, 6.07) is 8.42. The van der Waals surface area contributed by atoms with Gasteiger partial charge < -0.3 is 10.1 Å². The van der Waals surface area contributed by atoms with Crippen LogP contribution in [0.4, 0.5) is 0 Å². The lowest BCUT2D eigenvalue weighted by atomic mass is 10.1. The molecule has 1 heterocycles. The van der Waals surface area contributed by atoms with Gasteiger partial charge in [0.05, 0.1) is 12.3 Å². The number of aromatic nitrogens is 2. The number of ether oxygens (including phenoxy) is 1. The molecule has 0 aliphatic carbocycles. The zero-order valence-electron chi connectivity index (χ0n) is 12.6. The second kappa shape index (κ2) is 6.57. The van der Waals surface area contributed by atoms with E-state index in [1.165, 1.54) is 11.1 Å². The Labute approximate surface area is 120 Å². The van der Waals surface area contributed by atoms with Crippen molar-refractivity contribution in [1.29, 1.82) is 0 Å². The highest BCUT2D eigenvalue weighted by Gasteiger charge is 2.12. The molecular weight excluding hydrogens is 250 g/mol. The maximum Gasteiger partial charge on any atom is 0.124 e. The molecule has 2 aromatic rings. The van der Waals surface area contributed by atoms with Crippen molar-refractivity contribution in [2.24, 2.45) is 7.05 Å². The molecular formula is C16H23N3O. The van der Waals surface area contributed by atoms with Crippen molar-refractivity contribution >= 4 is 0 Å². The molecule has 0 fully saturated rings. The smallest absolute Gasteiger partial charge is 0.124 e. The van der Waals surface area contributed by atoms with E-state index in [1.54, 1.807) is 0 Å². The molecule has 108 valence electrons. The number of nitrogens with one attached hydrogen (secondary N) is 1. The fourth-order valence-electron chi connectivity index (χ4n) is 2.14. The highest BCUT2D eigenvalue weighted by atomic mass is 16.5. The van der Waals surface area contributed by atoms with Crippen molar-refractivity contribution in [2.45, 2.75) is 39.5 Å². The molecule has 1 N–H and O–H groups in total. The number of rotatable bonds is 6. The van der Waals surface area contributed by atoms with Crippen LogP contribution >= 0.6 is 0 Å². The van der Waals surface area contributed by atoms with E-state index in [-0.39, 0.29) is 12.1 Å². The standard InChI is InChI=1S/C16H23N3O/c1-12(2)20-16-8-6-5-7-15(16)13(3)17-9-14-10-18-19(4)11-14/h5-8,10-13,17H,9H2,1-4H3. The van der Waals surface area contributed by atoms with Crippen molar-refractivity contribution in [2.75, 3.05) is 0 Å². The zero-order chi connectivity index (χ0) is 14.5. The monoisotopic (exact) mass is 273 g/mol. The minimum Gasteiger partial charge on any atom is -0.491 e. The van der Waals surface area contributed by atoms with Crippen LogP contribution in [0, 0.1) is 0 Å². The van der Waals surface area contributed by atoms with E-state index in [0.717, 1.165) is 12.3 Å². The number of benzene rings is 1. The molecule has 0 spiro atoms. The highest BCUT2D eigenvalue weighted by Crippen LogP contribution is 2.25. The maximum atomic E-state index is 5.87. The Morgan fingerprint density at radius 1 is 1.25 bits per heavy atom. The molecule has 1 aromatic heterocycles.